The molecule has 0 atom stereocenters. The zero-order valence-corrected chi connectivity index (χ0v) is 6.13. The van der Waals surface area contributed by atoms with Gasteiger partial charge in [0.25, 0.3) is 5.84 Å². The van der Waals surface area contributed by atoms with Crippen LogP contribution in [0.4, 0.5) is 0 Å². The van der Waals surface area contributed by atoms with Gasteiger partial charge in [0.05, 0.1) is 0 Å². The van der Waals surface area contributed by atoms with Crippen molar-refractivity contribution in [1.82, 2.24) is 0 Å². The molecule has 0 saturated carbocycles. The SMILES string of the molecule is C/C=C\C(=N)[N+](O)=C(C)N. The Labute approximate surface area is 59.8 Å². The van der Waals surface area contributed by atoms with Gasteiger partial charge in [0.2, 0.25) is 5.84 Å². The molecular formula is C6H12N3O+. The van der Waals surface area contributed by atoms with Crippen LogP contribution in [0.2, 0.25) is 0 Å². The summed E-state index contributed by atoms with van der Waals surface area (Å²) in [6, 6.07) is 0. The predicted octanol–water partition coefficient (Wildman–Crippen LogP) is 0.319. The number of nitrogens with one attached hydrogen (secondary N) is 1. The maximum atomic E-state index is 8.92. The van der Waals surface area contributed by atoms with Crippen LogP contribution in [0.3, 0.4) is 0 Å². The van der Waals surface area contributed by atoms with E-state index in [1.165, 1.54) is 13.0 Å². The van der Waals surface area contributed by atoms with Crippen molar-refractivity contribution < 1.29 is 9.95 Å². The van der Waals surface area contributed by atoms with Crippen molar-refractivity contribution >= 4 is 11.7 Å². The maximum Gasteiger partial charge on any atom is 0.291 e. The van der Waals surface area contributed by atoms with Crippen molar-refractivity contribution in [1.29, 1.82) is 5.41 Å². The lowest BCUT2D eigenvalue weighted by molar-refractivity contribution is -0.690. The molecule has 0 aromatic heterocycles. The van der Waals surface area contributed by atoms with E-state index in [4.69, 9.17) is 16.4 Å². The molecule has 0 heterocycles. The quantitative estimate of drug-likeness (QED) is 0.162. The van der Waals surface area contributed by atoms with Crippen LogP contribution in [0.5, 0.6) is 0 Å². The van der Waals surface area contributed by atoms with Gasteiger partial charge in [-0.3, -0.25) is 0 Å². The van der Waals surface area contributed by atoms with Gasteiger partial charge in [-0.25, -0.2) is 0 Å². The Bertz CT molecular complexity index is 189. The summed E-state index contributed by atoms with van der Waals surface area (Å²) in [5.74, 6) is 0.144. The highest BCUT2D eigenvalue weighted by Gasteiger charge is 2.03. The monoisotopic (exact) mass is 142 g/mol. The van der Waals surface area contributed by atoms with Crippen LogP contribution in [-0.4, -0.2) is 21.6 Å². The molecule has 4 N–H and O–H groups in total. The van der Waals surface area contributed by atoms with Crippen LogP contribution in [0.1, 0.15) is 13.8 Å². The number of hydroxylamine groups is 1. The molecule has 0 aromatic rings. The lowest BCUT2D eigenvalue weighted by atomic mass is 10.5. The number of amidine groups is 2. The van der Waals surface area contributed by atoms with E-state index in [2.05, 4.69) is 0 Å². The van der Waals surface area contributed by atoms with Gasteiger partial charge in [-0.15, -0.1) is 0 Å². The lowest BCUT2D eigenvalue weighted by Crippen LogP contribution is -2.26. The number of hydrogen-bond donors (Lipinski definition) is 3. The molecule has 56 valence electrons. The number of allylic oxidation sites excluding steroid dienone is 1. The first-order valence-corrected chi connectivity index (χ1v) is 2.89. The molecule has 0 bridgehead atoms. The highest BCUT2D eigenvalue weighted by Crippen LogP contribution is 1.78. The minimum Gasteiger partial charge on any atom is -0.371 e. The standard InChI is InChI=1S/C6H11N3O/c1-3-4-6(8)9(10)5(2)7/h3-4,7-8,10H,1-2H3/p+1/b4-3-,8-6?. The minimum absolute atomic E-state index is 0.0394. The minimum atomic E-state index is -0.0394. The second-order valence-electron chi connectivity index (χ2n) is 1.84. The summed E-state index contributed by atoms with van der Waals surface area (Å²) in [5, 5.41) is 16.0. The normalized spacial score (nSPS) is 13.4. The second kappa shape index (κ2) is 3.66. The topological polar surface area (TPSA) is 73.1 Å². The van der Waals surface area contributed by atoms with Gasteiger partial charge in [0.1, 0.15) is 0 Å². The van der Waals surface area contributed by atoms with E-state index in [1.54, 1.807) is 13.0 Å². The van der Waals surface area contributed by atoms with Crippen LogP contribution >= 0.6 is 0 Å². The van der Waals surface area contributed by atoms with Gasteiger partial charge >= 0.3 is 0 Å². The van der Waals surface area contributed by atoms with Gasteiger partial charge in [0, 0.05) is 13.0 Å². The molecule has 0 aliphatic carbocycles. The first kappa shape index (κ1) is 8.68. The lowest BCUT2D eigenvalue weighted by Gasteiger charge is -1.94. The molecule has 0 radical (unpaired) electrons. The van der Waals surface area contributed by atoms with E-state index >= 15 is 0 Å². The summed E-state index contributed by atoms with van der Waals surface area (Å²) in [7, 11) is 0. The summed E-state index contributed by atoms with van der Waals surface area (Å²) in [6.07, 6.45) is 3.09. The molecule has 0 fully saturated rings. The van der Waals surface area contributed by atoms with E-state index in [9.17, 15) is 0 Å². The van der Waals surface area contributed by atoms with Crippen LogP contribution in [0.25, 0.3) is 0 Å². The van der Waals surface area contributed by atoms with E-state index in [0.717, 1.165) is 0 Å². The molecule has 4 heteroatoms. The molecule has 10 heavy (non-hydrogen) atoms. The maximum absolute atomic E-state index is 8.92. The zero-order valence-electron chi connectivity index (χ0n) is 6.13. The molecule has 0 spiro atoms. The van der Waals surface area contributed by atoms with Crippen LogP contribution in [0.15, 0.2) is 12.2 Å². The van der Waals surface area contributed by atoms with Crippen molar-refractivity contribution in [3.63, 3.8) is 0 Å². The number of rotatable bonds is 1. The van der Waals surface area contributed by atoms with Crippen molar-refractivity contribution in [2.24, 2.45) is 5.73 Å². The Balaban J connectivity index is 4.38. The van der Waals surface area contributed by atoms with Gasteiger partial charge < -0.3 is 10.9 Å². The fourth-order valence-electron chi connectivity index (χ4n) is 0.418. The number of nitrogens with zero attached hydrogens (tertiary/aromatic N) is 1. The van der Waals surface area contributed by atoms with Crippen molar-refractivity contribution in [2.45, 2.75) is 13.8 Å². The van der Waals surface area contributed by atoms with Crippen molar-refractivity contribution in [2.75, 3.05) is 0 Å². The number of nitrogens with two attached hydrogens (primary N) is 1. The van der Waals surface area contributed by atoms with E-state index < -0.39 is 0 Å². The molecule has 0 unspecified atom stereocenters. The summed E-state index contributed by atoms with van der Waals surface area (Å²) in [5.41, 5.74) is 5.18. The molecule has 0 aliphatic heterocycles. The Morgan fingerprint density at radius 1 is 1.70 bits per heavy atom. The number of hydrogen-bond acceptors (Lipinski definition) is 2. The highest BCUT2D eigenvalue weighted by atomic mass is 16.5. The van der Waals surface area contributed by atoms with Crippen LogP contribution < -0.4 is 5.73 Å². The summed E-state index contributed by atoms with van der Waals surface area (Å²) in [4.78, 5) is 0. The fourth-order valence-corrected chi connectivity index (χ4v) is 0.418. The van der Waals surface area contributed by atoms with E-state index in [0.29, 0.717) is 4.74 Å². The molecule has 0 aromatic carbocycles. The van der Waals surface area contributed by atoms with Crippen LogP contribution in [-0.2, 0) is 0 Å². The average Bonchev–Trinajstić information content (AvgIpc) is 1.87. The zero-order chi connectivity index (χ0) is 8.15. The summed E-state index contributed by atoms with van der Waals surface area (Å²) < 4.78 is 0.611. The first-order valence-electron chi connectivity index (χ1n) is 2.89. The average molecular weight is 142 g/mol. The Morgan fingerprint density at radius 2 is 2.20 bits per heavy atom. The van der Waals surface area contributed by atoms with Crippen molar-refractivity contribution in [3.05, 3.63) is 12.2 Å². The molecule has 4 nitrogen and oxygen atoms in total. The Morgan fingerprint density at radius 3 is 2.50 bits per heavy atom. The highest BCUT2D eigenvalue weighted by molar-refractivity contribution is 5.87. The van der Waals surface area contributed by atoms with E-state index in [1.807, 2.05) is 0 Å². The third kappa shape index (κ3) is 2.30. The van der Waals surface area contributed by atoms with Crippen LogP contribution in [0, 0.1) is 5.41 Å². The van der Waals surface area contributed by atoms with Gasteiger partial charge in [-0.2, -0.15) is 5.41 Å². The van der Waals surface area contributed by atoms with Gasteiger partial charge in [-0.05, 0) is 6.92 Å². The molecule has 0 rings (SSSR count). The van der Waals surface area contributed by atoms with Crippen molar-refractivity contribution in [3.8, 4) is 0 Å². The summed E-state index contributed by atoms with van der Waals surface area (Å²) in [6.45, 7) is 3.27. The first-order chi connectivity index (χ1) is 4.59. The molecular weight excluding hydrogens is 130 g/mol. The smallest absolute Gasteiger partial charge is 0.291 e. The second-order valence-corrected chi connectivity index (χ2v) is 1.84. The van der Waals surface area contributed by atoms with Gasteiger partial charge in [-0.1, -0.05) is 10.8 Å². The Kier molecular flexibility index (Phi) is 3.17. The van der Waals surface area contributed by atoms with Gasteiger partial charge in [0.15, 0.2) is 0 Å². The molecule has 0 aliphatic rings. The third-order valence-electron chi connectivity index (χ3n) is 0.887. The summed E-state index contributed by atoms with van der Waals surface area (Å²) >= 11 is 0. The molecule has 0 saturated heterocycles. The van der Waals surface area contributed by atoms with E-state index in [-0.39, 0.29) is 11.7 Å². The Hall–Kier alpha value is -1.32. The predicted molar refractivity (Wildman–Crippen MR) is 39.5 cm³/mol. The third-order valence-corrected chi connectivity index (χ3v) is 0.887. The molecule has 0 amide bonds. The largest absolute Gasteiger partial charge is 0.371 e. The fraction of sp³-hybridized carbons (Fsp3) is 0.333.